The zero-order valence-corrected chi connectivity index (χ0v) is 11.6. The van der Waals surface area contributed by atoms with Crippen LogP contribution in [0, 0.1) is 0 Å². The minimum absolute atomic E-state index is 0.156. The molecule has 1 aliphatic rings. The average Bonchev–Trinajstić information content (AvgIpc) is 2.89. The van der Waals surface area contributed by atoms with Crippen LogP contribution in [-0.4, -0.2) is 31.9 Å². The number of aromatic hydroxyl groups is 1. The highest BCUT2D eigenvalue weighted by Crippen LogP contribution is 2.11. The highest BCUT2D eigenvalue weighted by atomic mass is 32.2. The highest BCUT2D eigenvalue weighted by molar-refractivity contribution is 7.89. The number of phenolic OH excluding ortho intramolecular Hbond substituents is 1. The Balaban J connectivity index is 1.78. The predicted molar refractivity (Wildman–Crippen MR) is 74.4 cm³/mol. The summed E-state index contributed by atoms with van der Waals surface area (Å²) in [6, 6.07) is 6.84. The van der Waals surface area contributed by atoms with Gasteiger partial charge in [0.15, 0.2) is 0 Å². The smallest absolute Gasteiger partial charge is 0.211 e. The van der Waals surface area contributed by atoms with Crippen LogP contribution < -0.4 is 10.0 Å². The van der Waals surface area contributed by atoms with Gasteiger partial charge in [0.1, 0.15) is 5.75 Å². The molecule has 1 atom stereocenters. The molecule has 1 heterocycles. The lowest BCUT2D eigenvalue weighted by Gasteiger charge is -2.11. The van der Waals surface area contributed by atoms with Gasteiger partial charge < -0.3 is 10.4 Å². The molecule has 5 nitrogen and oxygen atoms in total. The molecule has 19 heavy (non-hydrogen) atoms. The van der Waals surface area contributed by atoms with E-state index in [0.29, 0.717) is 12.5 Å². The first-order valence-electron chi connectivity index (χ1n) is 6.54. The lowest BCUT2D eigenvalue weighted by molar-refractivity contribution is 0.475. The van der Waals surface area contributed by atoms with Gasteiger partial charge in [-0.2, -0.15) is 0 Å². The number of phenols is 1. The summed E-state index contributed by atoms with van der Waals surface area (Å²) in [5.41, 5.74) is 0.834. The first-order valence-corrected chi connectivity index (χ1v) is 8.19. The third kappa shape index (κ3) is 4.81. The Hall–Kier alpha value is -1.11. The average molecular weight is 284 g/mol. The first kappa shape index (κ1) is 14.3. The first-order chi connectivity index (χ1) is 9.05. The largest absolute Gasteiger partial charge is 0.508 e. The van der Waals surface area contributed by atoms with E-state index in [2.05, 4.69) is 10.0 Å². The molecular weight excluding hydrogens is 264 g/mol. The van der Waals surface area contributed by atoms with Gasteiger partial charge in [0.05, 0.1) is 5.75 Å². The predicted octanol–water partition coefficient (Wildman–Crippen LogP) is 0.954. The molecule has 0 saturated carbocycles. The van der Waals surface area contributed by atoms with E-state index in [1.807, 2.05) is 0 Å². The van der Waals surface area contributed by atoms with Gasteiger partial charge in [0.2, 0.25) is 10.0 Å². The minimum Gasteiger partial charge on any atom is -0.508 e. The molecule has 2 rings (SSSR count). The summed E-state index contributed by atoms with van der Waals surface area (Å²) in [5, 5.41) is 12.4. The van der Waals surface area contributed by atoms with Crippen LogP contribution in [0.15, 0.2) is 24.3 Å². The Bertz CT molecular complexity index is 493. The maximum Gasteiger partial charge on any atom is 0.211 e. The van der Waals surface area contributed by atoms with E-state index < -0.39 is 10.0 Å². The molecule has 6 heteroatoms. The van der Waals surface area contributed by atoms with Crippen molar-refractivity contribution in [3.63, 3.8) is 0 Å². The van der Waals surface area contributed by atoms with Crippen molar-refractivity contribution in [3.8, 4) is 5.75 Å². The number of sulfonamides is 1. The molecule has 1 fully saturated rings. The SMILES string of the molecule is O=S(=O)(CCC1CCCN1)NCc1ccc(O)cc1. The maximum absolute atomic E-state index is 11.8. The summed E-state index contributed by atoms with van der Waals surface area (Å²) in [6.45, 7) is 1.26. The lowest BCUT2D eigenvalue weighted by Crippen LogP contribution is -2.30. The molecule has 0 aliphatic carbocycles. The van der Waals surface area contributed by atoms with Crippen LogP contribution in [0.4, 0.5) is 0 Å². The third-order valence-corrected chi connectivity index (χ3v) is 4.69. The Morgan fingerprint density at radius 3 is 2.68 bits per heavy atom. The number of hydrogen-bond donors (Lipinski definition) is 3. The summed E-state index contributed by atoms with van der Waals surface area (Å²) in [7, 11) is -3.23. The summed E-state index contributed by atoms with van der Waals surface area (Å²) in [4.78, 5) is 0. The second-order valence-corrected chi connectivity index (χ2v) is 6.81. The summed E-state index contributed by atoms with van der Waals surface area (Å²) in [5.74, 6) is 0.335. The van der Waals surface area contributed by atoms with Crippen molar-refractivity contribution >= 4 is 10.0 Å². The number of hydrogen-bond acceptors (Lipinski definition) is 4. The monoisotopic (exact) mass is 284 g/mol. The van der Waals surface area contributed by atoms with Crippen LogP contribution in [-0.2, 0) is 16.6 Å². The van der Waals surface area contributed by atoms with Gasteiger partial charge in [-0.05, 0) is 43.5 Å². The topological polar surface area (TPSA) is 78.4 Å². The fourth-order valence-electron chi connectivity index (χ4n) is 2.18. The van der Waals surface area contributed by atoms with Crippen molar-refractivity contribution in [1.29, 1.82) is 0 Å². The Labute approximate surface area is 114 Å². The number of rotatable bonds is 6. The van der Waals surface area contributed by atoms with E-state index >= 15 is 0 Å². The quantitative estimate of drug-likeness (QED) is 0.727. The second kappa shape index (κ2) is 6.36. The van der Waals surface area contributed by atoms with Gasteiger partial charge in [-0.1, -0.05) is 12.1 Å². The lowest BCUT2D eigenvalue weighted by atomic mass is 10.2. The summed E-state index contributed by atoms with van der Waals surface area (Å²) >= 11 is 0. The van der Waals surface area contributed by atoms with Gasteiger partial charge in [-0.15, -0.1) is 0 Å². The molecule has 0 radical (unpaired) electrons. The van der Waals surface area contributed by atoms with Crippen LogP contribution >= 0.6 is 0 Å². The van der Waals surface area contributed by atoms with Crippen LogP contribution in [0.25, 0.3) is 0 Å². The minimum atomic E-state index is -3.23. The van der Waals surface area contributed by atoms with Crippen molar-refractivity contribution in [2.75, 3.05) is 12.3 Å². The number of nitrogens with one attached hydrogen (secondary N) is 2. The highest BCUT2D eigenvalue weighted by Gasteiger charge is 2.18. The van der Waals surface area contributed by atoms with Crippen molar-refractivity contribution in [1.82, 2.24) is 10.0 Å². The van der Waals surface area contributed by atoms with Crippen molar-refractivity contribution in [3.05, 3.63) is 29.8 Å². The van der Waals surface area contributed by atoms with E-state index in [0.717, 1.165) is 24.9 Å². The van der Waals surface area contributed by atoms with E-state index in [1.165, 1.54) is 0 Å². The molecule has 0 aromatic heterocycles. The normalized spacial score (nSPS) is 19.7. The molecular formula is C13H20N2O3S. The Morgan fingerprint density at radius 1 is 1.32 bits per heavy atom. The fraction of sp³-hybridized carbons (Fsp3) is 0.538. The molecule has 1 aliphatic heterocycles. The molecule has 0 spiro atoms. The van der Waals surface area contributed by atoms with E-state index in [9.17, 15) is 8.42 Å². The standard InChI is InChI=1S/C13H20N2O3S/c16-13-5-3-11(4-6-13)10-15-19(17,18)9-7-12-2-1-8-14-12/h3-6,12,14-16H,1-2,7-10H2. The van der Waals surface area contributed by atoms with Gasteiger partial charge in [-0.3, -0.25) is 0 Å². The summed E-state index contributed by atoms with van der Waals surface area (Å²) in [6.07, 6.45) is 2.85. The van der Waals surface area contributed by atoms with E-state index in [-0.39, 0.29) is 18.0 Å². The van der Waals surface area contributed by atoms with E-state index in [1.54, 1.807) is 24.3 Å². The van der Waals surface area contributed by atoms with E-state index in [4.69, 9.17) is 5.11 Å². The van der Waals surface area contributed by atoms with Crippen LogP contribution in [0.1, 0.15) is 24.8 Å². The van der Waals surface area contributed by atoms with Gasteiger partial charge in [-0.25, -0.2) is 13.1 Å². The van der Waals surface area contributed by atoms with Crippen LogP contribution in [0.2, 0.25) is 0 Å². The van der Waals surface area contributed by atoms with Crippen molar-refractivity contribution in [2.45, 2.75) is 31.8 Å². The summed E-state index contributed by atoms with van der Waals surface area (Å²) < 4.78 is 26.3. The molecule has 0 bridgehead atoms. The second-order valence-electron chi connectivity index (χ2n) is 4.89. The van der Waals surface area contributed by atoms with Crippen molar-refractivity contribution in [2.24, 2.45) is 0 Å². The van der Waals surface area contributed by atoms with Crippen LogP contribution in [0.3, 0.4) is 0 Å². The Morgan fingerprint density at radius 2 is 2.05 bits per heavy atom. The number of benzene rings is 1. The molecule has 1 aromatic rings. The van der Waals surface area contributed by atoms with Crippen LogP contribution in [0.5, 0.6) is 5.75 Å². The molecule has 1 saturated heterocycles. The van der Waals surface area contributed by atoms with Crippen molar-refractivity contribution < 1.29 is 13.5 Å². The molecule has 1 unspecified atom stereocenters. The maximum atomic E-state index is 11.8. The zero-order chi connectivity index (χ0) is 13.7. The third-order valence-electron chi connectivity index (χ3n) is 3.33. The zero-order valence-electron chi connectivity index (χ0n) is 10.8. The van der Waals surface area contributed by atoms with Gasteiger partial charge >= 0.3 is 0 Å². The molecule has 106 valence electrons. The molecule has 1 aromatic carbocycles. The van der Waals surface area contributed by atoms with Gasteiger partial charge in [0.25, 0.3) is 0 Å². The molecule has 3 N–H and O–H groups in total. The fourth-order valence-corrected chi connectivity index (χ4v) is 3.31. The van der Waals surface area contributed by atoms with Gasteiger partial charge in [0, 0.05) is 12.6 Å². The molecule has 0 amide bonds. The Kier molecular flexibility index (Phi) is 4.79.